The van der Waals surface area contributed by atoms with E-state index in [4.69, 9.17) is 0 Å². The van der Waals surface area contributed by atoms with E-state index in [9.17, 15) is 9.90 Å². The summed E-state index contributed by atoms with van der Waals surface area (Å²) in [5.74, 6) is 1.09. The van der Waals surface area contributed by atoms with Gasteiger partial charge < -0.3 is 10.4 Å². The minimum Gasteiger partial charge on any atom is -0.395 e. The molecule has 142 valence electrons. The van der Waals surface area contributed by atoms with Gasteiger partial charge in [-0.2, -0.15) is 0 Å². The lowest BCUT2D eigenvalue weighted by Gasteiger charge is -2.59. The zero-order valence-corrected chi connectivity index (χ0v) is 15.7. The molecule has 1 aliphatic carbocycles. The SMILES string of the molecule is CCCNC(=O)N1C[C@H]2[C@@H](c3ccccc31)[C@@H](CO)N2CC1CCCC1. The average Bonchev–Trinajstić information content (AvgIpc) is 3.17. The minimum atomic E-state index is 0.00557. The van der Waals surface area contributed by atoms with Gasteiger partial charge in [0.2, 0.25) is 0 Å². The van der Waals surface area contributed by atoms with Gasteiger partial charge >= 0.3 is 6.03 Å². The second-order valence-corrected chi connectivity index (χ2v) is 8.09. The topological polar surface area (TPSA) is 55.8 Å². The van der Waals surface area contributed by atoms with Gasteiger partial charge in [-0.05, 0) is 36.8 Å². The van der Waals surface area contributed by atoms with Crippen molar-refractivity contribution in [1.82, 2.24) is 10.2 Å². The Balaban J connectivity index is 1.58. The third-order valence-corrected chi connectivity index (χ3v) is 6.54. The summed E-state index contributed by atoms with van der Waals surface area (Å²) in [6, 6.07) is 8.77. The predicted octanol–water partition coefficient (Wildman–Crippen LogP) is 2.95. The number of benzene rings is 1. The highest BCUT2D eigenvalue weighted by Gasteiger charge is 2.53. The summed E-state index contributed by atoms with van der Waals surface area (Å²) >= 11 is 0. The molecule has 0 bridgehead atoms. The van der Waals surface area contributed by atoms with Crippen LogP contribution < -0.4 is 10.2 Å². The Morgan fingerprint density at radius 1 is 1.27 bits per heavy atom. The van der Waals surface area contributed by atoms with Crippen molar-refractivity contribution in [1.29, 1.82) is 0 Å². The molecule has 0 unspecified atom stereocenters. The number of carbonyl (C=O) groups is 1. The Kier molecular flexibility index (Phi) is 5.18. The molecule has 1 saturated carbocycles. The number of anilines is 1. The number of likely N-dealkylation sites (tertiary alicyclic amines) is 1. The molecule has 0 spiro atoms. The number of hydrogen-bond donors (Lipinski definition) is 2. The molecule has 4 rings (SSSR count). The first-order chi connectivity index (χ1) is 12.7. The molecule has 1 aromatic carbocycles. The number of urea groups is 1. The number of para-hydroxylation sites is 1. The Morgan fingerprint density at radius 2 is 2.04 bits per heavy atom. The fraction of sp³-hybridized carbons (Fsp3) is 0.667. The highest BCUT2D eigenvalue weighted by atomic mass is 16.3. The average molecular weight is 357 g/mol. The lowest BCUT2D eigenvalue weighted by molar-refractivity contribution is -0.0510. The van der Waals surface area contributed by atoms with Crippen LogP contribution in [0.15, 0.2) is 24.3 Å². The quantitative estimate of drug-likeness (QED) is 0.852. The van der Waals surface area contributed by atoms with Crippen molar-refractivity contribution in [3.05, 3.63) is 29.8 Å². The maximum atomic E-state index is 12.7. The lowest BCUT2D eigenvalue weighted by Crippen LogP contribution is -2.70. The zero-order chi connectivity index (χ0) is 18.1. The van der Waals surface area contributed by atoms with Gasteiger partial charge in [-0.25, -0.2) is 4.79 Å². The summed E-state index contributed by atoms with van der Waals surface area (Å²) in [4.78, 5) is 17.1. The molecule has 3 aliphatic rings. The van der Waals surface area contributed by atoms with Crippen molar-refractivity contribution in [3.8, 4) is 0 Å². The molecule has 2 amide bonds. The summed E-state index contributed by atoms with van der Waals surface area (Å²) in [5.41, 5.74) is 2.23. The van der Waals surface area contributed by atoms with Crippen LogP contribution in [0, 0.1) is 5.92 Å². The Labute approximate surface area is 156 Å². The van der Waals surface area contributed by atoms with Gasteiger partial charge in [0, 0.05) is 43.3 Å². The van der Waals surface area contributed by atoms with Gasteiger partial charge in [0.15, 0.2) is 0 Å². The van der Waals surface area contributed by atoms with Gasteiger partial charge in [-0.15, -0.1) is 0 Å². The van der Waals surface area contributed by atoms with Crippen molar-refractivity contribution in [2.75, 3.05) is 31.1 Å². The molecule has 5 heteroatoms. The highest BCUT2D eigenvalue weighted by molar-refractivity contribution is 5.94. The highest BCUT2D eigenvalue weighted by Crippen LogP contribution is 2.48. The molecule has 1 aromatic rings. The molecule has 3 atom stereocenters. The van der Waals surface area contributed by atoms with Gasteiger partial charge in [0.25, 0.3) is 0 Å². The number of nitrogens with one attached hydrogen (secondary N) is 1. The second kappa shape index (κ2) is 7.57. The maximum absolute atomic E-state index is 12.7. The maximum Gasteiger partial charge on any atom is 0.321 e. The van der Waals surface area contributed by atoms with Crippen LogP contribution in [-0.2, 0) is 0 Å². The molecule has 0 radical (unpaired) electrons. The predicted molar refractivity (Wildman–Crippen MR) is 104 cm³/mol. The number of fused-ring (bicyclic) bond motifs is 3. The van der Waals surface area contributed by atoms with E-state index < -0.39 is 0 Å². The van der Waals surface area contributed by atoms with E-state index in [-0.39, 0.29) is 18.7 Å². The Hall–Kier alpha value is -1.59. The van der Waals surface area contributed by atoms with E-state index in [0.29, 0.717) is 18.5 Å². The van der Waals surface area contributed by atoms with E-state index in [2.05, 4.69) is 29.3 Å². The first kappa shape index (κ1) is 17.8. The smallest absolute Gasteiger partial charge is 0.321 e. The van der Waals surface area contributed by atoms with Crippen molar-refractivity contribution in [2.24, 2.45) is 5.92 Å². The normalized spacial score (nSPS) is 28.4. The van der Waals surface area contributed by atoms with Crippen LogP contribution in [0.3, 0.4) is 0 Å². The summed E-state index contributed by atoms with van der Waals surface area (Å²) in [6.07, 6.45) is 6.23. The van der Waals surface area contributed by atoms with Crippen molar-refractivity contribution in [3.63, 3.8) is 0 Å². The standard InChI is InChI=1S/C21H31N3O2/c1-2-11-22-21(26)24-13-18-20(16-9-5-6-10-17(16)24)19(14-25)23(18)12-15-7-3-4-8-15/h5-6,9-10,15,18-20,25H,2-4,7-8,11-14H2,1H3,(H,22,26)/t18-,19+,20+/m0/s1. The molecule has 2 fully saturated rings. The number of carbonyl (C=O) groups excluding carboxylic acids is 1. The summed E-state index contributed by atoms with van der Waals surface area (Å²) < 4.78 is 0. The molecule has 1 saturated heterocycles. The zero-order valence-electron chi connectivity index (χ0n) is 15.7. The van der Waals surface area contributed by atoms with E-state index >= 15 is 0 Å². The first-order valence-electron chi connectivity index (χ1n) is 10.3. The number of aliphatic hydroxyl groups excluding tert-OH is 1. The largest absolute Gasteiger partial charge is 0.395 e. The van der Waals surface area contributed by atoms with Gasteiger partial charge in [0.05, 0.1) is 6.61 Å². The van der Waals surface area contributed by atoms with Crippen molar-refractivity contribution in [2.45, 2.75) is 57.0 Å². The number of aliphatic hydroxyl groups is 1. The van der Waals surface area contributed by atoms with Gasteiger partial charge in [-0.1, -0.05) is 38.0 Å². The molecule has 26 heavy (non-hydrogen) atoms. The van der Waals surface area contributed by atoms with E-state index in [1.807, 2.05) is 17.0 Å². The monoisotopic (exact) mass is 357 g/mol. The van der Waals surface area contributed by atoms with Crippen molar-refractivity contribution >= 4 is 11.7 Å². The van der Waals surface area contributed by atoms with Crippen molar-refractivity contribution < 1.29 is 9.90 Å². The number of nitrogens with zero attached hydrogens (tertiary/aromatic N) is 2. The van der Waals surface area contributed by atoms with Crippen LogP contribution in [0.5, 0.6) is 0 Å². The van der Waals surface area contributed by atoms with Gasteiger partial charge in [-0.3, -0.25) is 9.80 Å². The van der Waals surface area contributed by atoms with Crippen LogP contribution in [0.25, 0.3) is 0 Å². The Morgan fingerprint density at radius 3 is 2.77 bits per heavy atom. The summed E-state index contributed by atoms with van der Waals surface area (Å²) in [7, 11) is 0. The Bertz CT molecular complexity index is 644. The molecular formula is C21H31N3O2. The van der Waals surface area contributed by atoms with Gasteiger partial charge in [0.1, 0.15) is 0 Å². The van der Waals surface area contributed by atoms with Crippen LogP contribution in [0.1, 0.15) is 50.5 Å². The van der Waals surface area contributed by atoms with E-state index in [0.717, 1.165) is 31.1 Å². The van der Waals surface area contributed by atoms with E-state index in [1.54, 1.807) is 0 Å². The van der Waals surface area contributed by atoms with Crippen LogP contribution in [-0.4, -0.2) is 54.4 Å². The molecule has 2 heterocycles. The summed E-state index contributed by atoms with van der Waals surface area (Å²) in [5, 5.41) is 13.1. The summed E-state index contributed by atoms with van der Waals surface area (Å²) in [6.45, 7) is 4.77. The third kappa shape index (κ3) is 3.01. The van der Waals surface area contributed by atoms with Crippen LogP contribution in [0.4, 0.5) is 10.5 Å². The molecule has 0 aromatic heterocycles. The fourth-order valence-corrected chi connectivity index (χ4v) is 5.25. The molecule has 5 nitrogen and oxygen atoms in total. The second-order valence-electron chi connectivity index (χ2n) is 8.09. The van der Waals surface area contributed by atoms with Crippen LogP contribution >= 0.6 is 0 Å². The number of amides is 2. The minimum absolute atomic E-state index is 0.00557. The molecular weight excluding hydrogens is 326 g/mol. The molecule has 2 aliphatic heterocycles. The fourth-order valence-electron chi connectivity index (χ4n) is 5.25. The molecule has 2 N–H and O–H groups in total. The first-order valence-corrected chi connectivity index (χ1v) is 10.3. The van der Waals surface area contributed by atoms with Crippen LogP contribution in [0.2, 0.25) is 0 Å². The number of rotatable bonds is 5. The van der Waals surface area contributed by atoms with E-state index in [1.165, 1.54) is 31.2 Å². The third-order valence-electron chi connectivity index (χ3n) is 6.54. The lowest BCUT2D eigenvalue weighted by atomic mass is 9.71. The number of hydrogen-bond acceptors (Lipinski definition) is 3.